The van der Waals surface area contributed by atoms with E-state index in [2.05, 4.69) is 0 Å². The van der Waals surface area contributed by atoms with Gasteiger partial charge in [-0.25, -0.2) is 0 Å². The lowest BCUT2D eigenvalue weighted by Gasteiger charge is -2.28. The van der Waals surface area contributed by atoms with Crippen molar-refractivity contribution < 1.29 is 14.2 Å². The van der Waals surface area contributed by atoms with E-state index in [0.29, 0.717) is 6.42 Å². The fourth-order valence-corrected chi connectivity index (χ4v) is 1.34. The maximum atomic E-state index is 5.18. The predicted molar refractivity (Wildman–Crippen MR) is 52.8 cm³/mol. The van der Waals surface area contributed by atoms with Crippen LogP contribution in [0.1, 0.15) is 6.42 Å². The summed E-state index contributed by atoms with van der Waals surface area (Å²) in [6, 6.07) is 3.96. The van der Waals surface area contributed by atoms with E-state index in [1.807, 2.05) is 29.1 Å². The number of rotatable bonds is 6. The van der Waals surface area contributed by atoms with Crippen LogP contribution in [0.5, 0.6) is 0 Å². The first-order valence-corrected chi connectivity index (χ1v) is 4.52. The molecule has 4 nitrogen and oxygen atoms in total. The van der Waals surface area contributed by atoms with Crippen LogP contribution >= 0.6 is 0 Å². The van der Waals surface area contributed by atoms with Crippen LogP contribution in [0.15, 0.2) is 24.5 Å². The molecule has 0 fully saturated rings. The van der Waals surface area contributed by atoms with Gasteiger partial charge in [0.15, 0.2) is 0 Å². The second kappa shape index (κ2) is 5.14. The molecule has 1 heterocycles. The third-order valence-electron chi connectivity index (χ3n) is 2.28. The Hall–Kier alpha value is -0.840. The van der Waals surface area contributed by atoms with Gasteiger partial charge in [-0.1, -0.05) is 0 Å². The quantitative estimate of drug-likeness (QED) is 0.650. The summed E-state index contributed by atoms with van der Waals surface area (Å²) in [5.41, 5.74) is 0. The molecule has 0 radical (unpaired) electrons. The van der Waals surface area contributed by atoms with E-state index >= 15 is 0 Å². The molecule has 0 unspecified atom stereocenters. The average molecular weight is 199 g/mol. The van der Waals surface area contributed by atoms with Crippen molar-refractivity contribution in [2.45, 2.75) is 18.9 Å². The summed E-state index contributed by atoms with van der Waals surface area (Å²) in [6.07, 6.45) is 4.63. The van der Waals surface area contributed by atoms with E-state index in [-0.39, 0.29) is 0 Å². The first kappa shape index (κ1) is 11.2. The summed E-state index contributed by atoms with van der Waals surface area (Å²) in [5, 5.41) is 0. The molecular formula is C10H17NO3. The van der Waals surface area contributed by atoms with Gasteiger partial charge in [0.25, 0.3) is 5.97 Å². The molecule has 0 aromatic carbocycles. The summed E-state index contributed by atoms with van der Waals surface area (Å²) >= 11 is 0. The molecule has 0 aliphatic carbocycles. The van der Waals surface area contributed by atoms with Crippen LogP contribution in [0.4, 0.5) is 0 Å². The van der Waals surface area contributed by atoms with Gasteiger partial charge >= 0.3 is 0 Å². The first-order chi connectivity index (χ1) is 6.76. The van der Waals surface area contributed by atoms with E-state index in [1.54, 1.807) is 21.3 Å². The van der Waals surface area contributed by atoms with Gasteiger partial charge in [0, 0.05) is 46.7 Å². The Bertz CT molecular complexity index is 234. The summed E-state index contributed by atoms with van der Waals surface area (Å²) in [6.45, 7) is 0.794. The molecule has 14 heavy (non-hydrogen) atoms. The monoisotopic (exact) mass is 199 g/mol. The van der Waals surface area contributed by atoms with Gasteiger partial charge in [0.2, 0.25) is 0 Å². The van der Waals surface area contributed by atoms with E-state index < -0.39 is 5.97 Å². The van der Waals surface area contributed by atoms with Gasteiger partial charge in [0.05, 0.1) is 0 Å². The Kier molecular flexibility index (Phi) is 4.13. The van der Waals surface area contributed by atoms with Crippen molar-refractivity contribution in [3.8, 4) is 0 Å². The van der Waals surface area contributed by atoms with Crippen molar-refractivity contribution in [3.63, 3.8) is 0 Å². The Morgan fingerprint density at radius 1 is 1.00 bits per heavy atom. The second-order valence-electron chi connectivity index (χ2n) is 2.97. The SMILES string of the molecule is COC(CCn1cccc1)(OC)OC. The molecule has 0 N–H and O–H groups in total. The fourth-order valence-electron chi connectivity index (χ4n) is 1.34. The van der Waals surface area contributed by atoms with Crippen molar-refractivity contribution in [3.05, 3.63) is 24.5 Å². The molecule has 0 bridgehead atoms. The maximum Gasteiger partial charge on any atom is 0.283 e. The molecule has 1 aromatic rings. The topological polar surface area (TPSA) is 32.6 Å². The van der Waals surface area contributed by atoms with Gasteiger partial charge in [-0.15, -0.1) is 0 Å². The van der Waals surface area contributed by atoms with Gasteiger partial charge in [-0.3, -0.25) is 0 Å². The van der Waals surface area contributed by atoms with Crippen molar-refractivity contribution in [2.75, 3.05) is 21.3 Å². The predicted octanol–water partition coefficient (Wildman–Crippen LogP) is 1.47. The Morgan fingerprint density at radius 2 is 1.50 bits per heavy atom. The molecule has 0 aliphatic rings. The maximum absolute atomic E-state index is 5.18. The van der Waals surface area contributed by atoms with E-state index in [9.17, 15) is 0 Å². The second-order valence-corrected chi connectivity index (χ2v) is 2.97. The molecule has 0 atom stereocenters. The molecule has 0 amide bonds. The number of aromatic nitrogens is 1. The highest BCUT2D eigenvalue weighted by atomic mass is 16.9. The van der Waals surface area contributed by atoms with Crippen molar-refractivity contribution in [2.24, 2.45) is 0 Å². The fraction of sp³-hybridized carbons (Fsp3) is 0.600. The standard InChI is InChI=1S/C10H17NO3/c1-12-10(13-2,14-3)6-9-11-7-4-5-8-11/h4-5,7-8H,6,9H2,1-3H3. The Balaban J connectivity index is 2.48. The van der Waals surface area contributed by atoms with Crippen LogP contribution in [-0.4, -0.2) is 31.9 Å². The number of hydrogen-bond donors (Lipinski definition) is 0. The molecular weight excluding hydrogens is 182 g/mol. The number of ether oxygens (including phenoxy) is 3. The summed E-state index contributed by atoms with van der Waals surface area (Å²) in [4.78, 5) is 0. The Morgan fingerprint density at radius 3 is 1.93 bits per heavy atom. The number of hydrogen-bond acceptors (Lipinski definition) is 3. The highest BCUT2D eigenvalue weighted by Crippen LogP contribution is 2.17. The number of nitrogens with zero attached hydrogens (tertiary/aromatic N) is 1. The zero-order valence-electron chi connectivity index (χ0n) is 8.90. The molecule has 1 aromatic heterocycles. The molecule has 80 valence electrons. The van der Waals surface area contributed by atoms with Crippen LogP contribution in [0.25, 0.3) is 0 Å². The van der Waals surface area contributed by atoms with Crippen molar-refractivity contribution in [1.29, 1.82) is 0 Å². The van der Waals surface area contributed by atoms with Crippen LogP contribution in [0.2, 0.25) is 0 Å². The number of methoxy groups -OCH3 is 3. The minimum atomic E-state index is -0.926. The van der Waals surface area contributed by atoms with Gasteiger partial charge in [0.1, 0.15) is 0 Å². The van der Waals surface area contributed by atoms with Crippen molar-refractivity contribution >= 4 is 0 Å². The molecule has 0 aliphatic heterocycles. The minimum absolute atomic E-state index is 0.644. The molecule has 1 rings (SSSR count). The summed E-state index contributed by atoms with van der Waals surface area (Å²) < 4.78 is 17.6. The highest BCUT2D eigenvalue weighted by molar-refractivity contribution is 4.90. The minimum Gasteiger partial charge on any atom is -0.354 e. The molecule has 0 saturated carbocycles. The largest absolute Gasteiger partial charge is 0.354 e. The zero-order chi connectivity index (χ0) is 10.4. The lowest BCUT2D eigenvalue weighted by Crippen LogP contribution is -2.37. The third kappa shape index (κ3) is 2.57. The van der Waals surface area contributed by atoms with E-state index in [0.717, 1.165) is 6.54 Å². The number of aryl methyl sites for hydroxylation is 1. The van der Waals surface area contributed by atoms with E-state index in [4.69, 9.17) is 14.2 Å². The Labute approximate surface area is 84.4 Å². The third-order valence-corrected chi connectivity index (χ3v) is 2.28. The normalized spacial score (nSPS) is 11.9. The molecule has 0 spiro atoms. The highest BCUT2D eigenvalue weighted by Gasteiger charge is 2.28. The lowest BCUT2D eigenvalue weighted by molar-refractivity contribution is -0.355. The van der Waals surface area contributed by atoms with Crippen LogP contribution in [0, 0.1) is 0 Å². The zero-order valence-corrected chi connectivity index (χ0v) is 8.90. The average Bonchev–Trinajstić information content (AvgIpc) is 2.74. The van der Waals surface area contributed by atoms with Gasteiger partial charge < -0.3 is 18.8 Å². The van der Waals surface area contributed by atoms with Crippen LogP contribution < -0.4 is 0 Å². The first-order valence-electron chi connectivity index (χ1n) is 4.52. The van der Waals surface area contributed by atoms with Crippen molar-refractivity contribution in [1.82, 2.24) is 4.57 Å². The van der Waals surface area contributed by atoms with Crippen LogP contribution in [-0.2, 0) is 20.8 Å². The lowest BCUT2D eigenvalue weighted by atomic mass is 10.3. The smallest absolute Gasteiger partial charge is 0.283 e. The van der Waals surface area contributed by atoms with E-state index in [1.165, 1.54) is 0 Å². The summed E-state index contributed by atoms with van der Waals surface area (Å²) in [7, 11) is 4.72. The van der Waals surface area contributed by atoms with Gasteiger partial charge in [-0.05, 0) is 12.1 Å². The van der Waals surface area contributed by atoms with Gasteiger partial charge in [-0.2, -0.15) is 0 Å². The molecule has 4 heteroatoms. The summed E-state index contributed by atoms with van der Waals surface area (Å²) in [5.74, 6) is -0.926. The van der Waals surface area contributed by atoms with Crippen LogP contribution in [0.3, 0.4) is 0 Å². The molecule has 0 saturated heterocycles.